The van der Waals surface area contributed by atoms with Gasteiger partial charge >= 0.3 is 0 Å². The van der Waals surface area contributed by atoms with Crippen molar-refractivity contribution in [3.63, 3.8) is 0 Å². The van der Waals surface area contributed by atoms with E-state index in [9.17, 15) is 8.78 Å². The number of halogens is 3. The van der Waals surface area contributed by atoms with Gasteiger partial charge in [0.15, 0.2) is 5.82 Å². The van der Waals surface area contributed by atoms with Gasteiger partial charge in [0, 0.05) is 0 Å². The molecule has 1 aromatic heterocycles. The van der Waals surface area contributed by atoms with Crippen molar-refractivity contribution in [2.45, 2.75) is 0 Å². The molecule has 0 spiro atoms. The van der Waals surface area contributed by atoms with Crippen LogP contribution in [-0.2, 0) is 0 Å². The van der Waals surface area contributed by atoms with E-state index in [-0.39, 0.29) is 15.3 Å². The maximum absolute atomic E-state index is 13.1. The third-order valence-electron chi connectivity index (χ3n) is 1.36. The van der Waals surface area contributed by atoms with Gasteiger partial charge in [0.25, 0.3) is 5.88 Å². The lowest BCUT2D eigenvalue weighted by Crippen LogP contribution is -2.02. The van der Waals surface area contributed by atoms with E-state index in [0.717, 1.165) is 0 Å². The zero-order valence-electron chi connectivity index (χ0n) is 6.90. The molecule has 6 heteroatoms. The van der Waals surface area contributed by atoms with Crippen molar-refractivity contribution < 1.29 is 18.3 Å². The summed E-state index contributed by atoms with van der Waals surface area (Å²) in [5.74, 6) is -2.50. The SMILES string of the molecule is COc1nc(I)c(F)c(F)c1OC. The molecule has 72 valence electrons. The Bertz CT molecular complexity index is 333. The monoisotopic (exact) mass is 301 g/mol. The van der Waals surface area contributed by atoms with Crippen molar-refractivity contribution in [3.05, 3.63) is 15.3 Å². The van der Waals surface area contributed by atoms with Crippen molar-refractivity contribution in [1.29, 1.82) is 0 Å². The first-order valence-corrected chi connectivity index (χ1v) is 4.32. The lowest BCUT2D eigenvalue weighted by atomic mass is 10.4. The predicted molar refractivity (Wildman–Crippen MR) is 50.0 cm³/mol. The van der Waals surface area contributed by atoms with Crippen LogP contribution in [0.15, 0.2) is 0 Å². The van der Waals surface area contributed by atoms with Crippen molar-refractivity contribution in [1.82, 2.24) is 4.98 Å². The van der Waals surface area contributed by atoms with E-state index in [0.29, 0.717) is 0 Å². The summed E-state index contributed by atoms with van der Waals surface area (Å²) >= 11 is 1.57. The van der Waals surface area contributed by atoms with Crippen molar-refractivity contribution in [3.8, 4) is 11.6 Å². The highest BCUT2D eigenvalue weighted by atomic mass is 127. The Hall–Kier alpha value is -0.660. The van der Waals surface area contributed by atoms with E-state index >= 15 is 0 Å². The standard InChI is InChI=1S/C7H6F2INO2/c1-12-5-3(8)4(9)6(10)11-7(5)13-2/h1-2H3. The Morgan fingerprint density at radius 1 is 1.15 bits per heavy atom. The molecule has 1 heterocycles. The molecular weight excluding hydrogens is 295 g/mol. The maximum atomic E-state index is 13.1. The number of nitrogens with zero attached hydrogens (tertiary/aromatic N) is 1. The molecule has 0 amide bonds. The molecule has 0 atom stereocenters. The Kier molecular flexibility index (Phi) is 3.23. The number of pyridine rings is 1. The van der Waals surface area contributed by atoms with Crippen LogP contribution in [0.3, 0.4) is 0 Å². The number of methoxy groups -OCH3 is 2. The summed E-state index contributed by atoms with van der Waals surface area (Å²) in [5, 5.41) is 0. The van der Waals surface area contributed by atoms with Crippen LogP contribution in [0.4, 0.5) is 8.78 Å². The molecule has 13 heavy (non-hydrogen) atoms. The molecule has 0 saturated heterocycles. The van der Waals surface area contributed by atoms with E-state index < -0.39 is 11.6 Å². The van der Waals surface area contributed by atoms with Crippen LogP contribution in [-0.4, -0.2) is 19.2 Å². The molecule has 0 aromatic carbocycles. The third-order valence-corrected chi connectivity index (χ3v) is 2.08. The van der Waals surface area contributed by atoms with Crippen molar-refractivity contribution >= 4 is 22.6 Å². The van der Waals surface area contributed by atoms with Gasteiger partial charge in [-0.05, 0) is 22.6 Å². The first kappa shape index (κ1) is 10.4. The fraction of sp³-hybridized carbons (Fsp3) is 0.286. The molecule has 1 rings (SSSR count). The van der Waals surface area contributed by atoms with Gasteiger partial charge in [-0.2, -0.15) is 4.39 Å². The molecule has 0 aliphatic heterocycles. The van der Waals surface area contributed by atoms with Gasteiger partial charge in [-0.25, -0.2) is 9.37 Å². The molecule has 0 aliphatic carbocycles. The average molecular weight is 301 g/mol. The van der Waals surface area contributed by atoms with Crippen LogP contribution < -0.4 is 9.47 Å². The summed E-state index contributed by atoms with van der Waals surface area (Å²) in [4.78, 5) is 3.65. The van der Waals surface area contributed by atoms with E-state index in [1.165, 1.54) is 14.2 Å². The van der Waals surface area contributed by atoms with Crippen LogP contribution in [0, 0.1) is 15.3 Å². The first-order valence-electron chi connectivity index (χ1n) is 3.24. The fourth-order valence-electron chi connectivity index (χ4n) is 0.788. The van der Waals surface area contributed by atoms with Gasteiger partial charge in [-0.1, -0.05) is 0 Å². The quantitative estimate of drug-likeness (QED) is 0.618. The highest BCUT2D eigenvalue weighted by Gasteiger charge is 2.20. The lowest BCUT2D eigenvalue weighted by molar-refractivity contribution is 0.315. The molecule has 0 saturated carbocycles. The predicted octanol–water partition coefficient (Wildman–Crippen LogP) is 1.98. The topological polar surface area (TPSA) is 31.4 Å². The molecule has 1 aromatic rings. The zero-order chi connectivity index (χ0) is 10.0. The number of hydrogen-bond acceptors (Lipinski definition) is 3. The fourth-order valence-corrected chi connectivity index (χ4v) is 1.24. The molecule has 0 N–H and O–H groups in total. The van der Waals surface area contributed by atoms with Crippen molar-refractivity contribution in [2.24, 2.45) is 0 Å². The molecule has 0 bridgehead atoms. The number of aromatic nitrogens is 1. The van der Waals surface area contributed by atoms with E-state index in [1.807, 2.05) is 0 Å². The molecule has 3 nitrogen and oxygen atoms in total. The summed E-state index contributed by atoms with van der Waals surface area (Å²) in [6.07, 6.45) is 0. The highest BCUT2D eigenvalue weighted by molar-refractivity contribution is 14.1. The number of hydrogen-bond donors (Lipinski definition) is 0. The minimum Gasteiger partial charge on any atom is -0.489 e. The van der Waals surface area contributed by atoms with Crippen LogP contribution in [0.2, 0.25) is 0 Å². The minimum atomic E-state index is -1.08. The Balaban J connectivity index is 3.39. The summed E-state index contributed by atoms with van der Waals surface area (Å²) < 4.78 is 35.2. The smallest absolute Gasteiger partial charge is 0.261 e. The molecule has 0 fully saturated rings. The Morgan fingerprint density at radius 2 is 1.77 bits per heavy atom. The van der Waals surface area contributed by atoms with Crippen LogP contribution in [0.5, 0.6) is 11.6 Å². The molecule has 0 radical (unpaired) electrons. The number of rotatable bonds is 2. The van der Waals surface area contributed by atoms with E-state index in [4.69, 9.17) is 4.74 Å². The summed E-state index contributed by atoms with van der Waals surface area (Å²) in [6, 6.07) is 0. The third kappa shape index (κ3) is 1.82. The first-order chi connectivity index (χ1) is 6.11. The largest absolute Gasteiger partial charge is 0.489 e. The van der Waals surface area contributed by atoms with E-state index in [1.54, 1.807) is 22.6 Å². The van der Waals surface area contributed by atoms with Gasteiger partial charge in [-0.3, -0.25) is 0 Å². The van der Waals surface area contributed by atoms with Crippen molar-refractivity contribution in [2.75, 3.05) is 14.2 Å². The molecule has 0 aliphatic rings. The van der Waals surface area contributed by atoms with Gasteiger partial charge < -0.3 is 9.47 Å². The summed E-state index contributed by atoms with van der Waals surface area (Å²) in [7, 11) is 2.52. The van der Waals surface area contributed by atoms with E-state index in [2.05, 4.69) is 9.72 Å². The average Bonchev–Trinajstić information content (AvgIpc) is 2.13. The minimum absolute atomic E-state index is 0.0641. The summed E-state index contributed by atoms with van der Waals surface area (Å²) in [5.41, 5.74) is 0. The Morgan fingerprint density at radius 3 is 2.23 bits per heavy atom. The van der Waals surface area contributed by atoms with Gasteiger partial charge in [0.05, 0.1) is 14.2 Å². The second-order valence-electron chi connectivity index (χ2n) is 2.07. The van der Waals surface area contributed by atoms with Crippen LogP contribution in [0.25, 0.3) is 0 Å². The van der Waals surface area contributed by atoms with Gasteiger partial charge in [-0.15, -0.1) is 0 Å². The highest BCUT2D eigenvalue weighted by Crippen LogP contribution is 2.31. The normalized spacial score (nSPS) is 9.92. The zero-order valence-corrected chi connectivity index (χ0v) is 9.06. The van der Waals surface area contributed by atoms with Crippen LogP contribution >= 0.6 is 22.6 Å². The van der Waals surface area contributed by atoms with Crippen LogP contribution in [0.1, 0.15) is 0 Å². The second kappa shape index (κ2) is 4.03. The molecule has 0 unspecified atom stereocenters. The number of ether oxygens (including phenoxy) is 2. The lowest BCUT2D eigenvalue weighted by Gasteiger charge is -2.08. The summed E-state index contributed by atoms with van der Waals surface area (Å²) in [6.45, 7) is 0. The Labute approximate surface area is 87.2 Å². The van der Waals surface area contributed by atoms with Gasteiger partial charge in [0.2, 0.25) is 11.6 Å². The molecular formula is C7H6F2INO2. The second-order valence-corrected chi connectivity index (χ2v) is 3.09. The van der Waals surface area contributed by atoms with Gasteiger partial charge in [0.1, 0.15) is 3.70 Å². The maximum Gasteiger partial charge on any atom is 0.261 e.